The van der Waals surface area contributed by atoms with Crippen LogP contribution in [0.3, 0.4) is 0 Å². The Labute approximate surface area is 129 Å². The fourth-order valence-electron chi connectivity index (χ4n) is 2.69. The van der Waals surface area contributed by atoms with Crippen molar-refractivity contribution in [3.63, 3.8) is 0 Å². The van der Waals surface area contributed by atoms with E-state index >= 15 is 0 Å². The van der Waals surface area contributed by atoms with E-state index in [1.807, 2.05) is 30.3 Å². The first kappa shape index (κ1) is 14.4. The highest BCUT2D eigenvalue weighted by molar-refractivity contribution is 5.79. The molecule has 3 rings (SSSR count). The van der Waals surface area contributed by atoms with E-state index < -0.39 is 0 Å². The predicted molar refractivity (Wildman–Crippen MR) is 83.6 cm³/mol. The van der Waals surface area contributed by atoms with Crippen molar-refractivity contribution >= 4 is 11.9 Å². The molecule has 2 aromatic rings. The molecule has 0 unspecified atom stereocenters. The van der Waals surface area contributed by atoms with Gasteiger partial charge in [0.25, 0.3) is 5.95 Å². The number of carbonyl (C=O) groups is 1. The maximum atomic E-state index is 12.1. The van der Waals surface area contributed by atoms with Crippen LogP contribution >= 0.6 is 0 Å². The Morgan fingerprint density at radius 1 is 1.09 bits per heavy atom. The second-order valence-electron chi connectivity index (χ2n) is 5.48. The predicted octanol–water partition coefficient (Wildman–Crippen LogP) is 2.56. The van der Waals surface area contributed by atoms with Crippen LogP contribution in [0.1, 0.15) is 32.1 Å². The number of nitrogens with one attached hydrogen (secondary N) is 2. The number of hydrazine groups is 1. The fourth-order valence-corrected chi connectivity index (χ4v) is 2.69. The lowest BCUT2D eigenvalue weighted by molar-refractivity contribution is -0.125. The summed E-state index contributed by atoms with van der Waals surface area (Å²) in [5, 5.41) is 7.82. The second kappa shape index (κ2) is 6.98. The first-order chi connectivity index (χ1) is 10.8. The largest absolute Gasteiger partial charge is 0.273 e. The van der Waals surface area contributed by atoms with Crippen molar-refractivity contribution in [2.45, 2.75) is 32.1 Å². The van der Waals surface area contributed by atoms with Crippen molar-refractivity contribution in [3.8, 4) is 11.3 Å². The Morgan fingerprint density at radius 2 is 1.86 bits per heavy atom. The molecule has 6 nitrogen and oxygen atoms in total. The zero-order valence-corrected chi connectivity index (χ0v) is 12.3. The summed E-state index contributed by atoms with van der Waals surface area (Å²) in [5.74, 6) is 0.394. The molecule has 0 spiro atoms. The van der Waals surface area contributed by atoms with Crippen molar-refractivity contribution in [2.24, 2.45) is 5.92 Å². The standard InChI is InChI=1S/C16H19N5O/c22-15(13-9-5-2-6-10-13)19-21-16-18-14(11-17-20-16)12-7-3-1-4-8-12/h1,3-4,7-8,11,13H,2,5-6,9-10H2,(H,19,22)(H,18,20,21). The van der Waals surface area contributed by atoms with Gasteiger partial charge < -0.3 is 0 Å². The van der Waals surface area contributed by atoms with E-state index in [4.69, 9.17) is 0 Å². The maximum absolute atomic E-state index is 12.1. The number of hydrogen-bond donors (Lipinski definition) is 2. The number of aromatic nitrogens is 3. The molecule has 0 aliphatic heterocycles. The third kappa shape index (κ3) is 3.58. The summed E-state index contributed by atoms with van der Waals surface area (Å²) in [6.07, 6.45) is 6.99. The van der Waals surface area contributed by atoms with Gasteiger partial charge in [-0.25, -0.2) is 4.98 Å². The van der Waals surface area contributed by atoms with Gasteiger partial charge in [0.15, 0.2) is 0 Å². The Kier molecular flexibility index (Phi) is 4.58. The number of nitrogens with zero attached hydrogens (tertiary/aromatic N) is 3. The van der Waals surface area contributed by atoms with Gasteiger partial charge in [-0.1, -0.05) is 49.6 Å². The minimum atomic E-state index is 0.00779. The van der Waals surface area contributed by atoms with Gasteiger partial charge in [-0.2, -0.15) is 5.10 Å². The zero-order valence-electron chi connectivity index (χ0n) is 12.3. The molecule has 6 heteroatoms. The van der Waals surface area contributed by atoms with Crippen LogP contribution in [0, 0.1) is 5.92 Å². The summed E-state index contributed by atoms with van der Waals surface area (Å²) in [4.78, 5) is 16.4. The Balaban J connectivity index is 1.62. The highest BCUT2D eigenvalue weighted by Crippen LogP contribution is 2.23. The topological polar surface area (TPSA) is 79.8 Å². The lowest BCUT2D eigenvalue weighted by atomic mass is 9.89. The fraction of sp³-hybridized carbons (Fsp3) is 0.375. The average molecular weight is 297 g/mol. The Hall–Kier alpha value is -2.50. The molecule has 1 heterocycles. The molecule has 0 saturated heterocycles. The smallest absolute Gasteiger partial charge is 0.262 e. The molecule has 0 radical (unpaired) electrons. The van der Waals surface area contributed by atoms with E-state index in [1.165, 1.54) is 6.42 Å². The van der Waals surface area contributed by atoms with E-state index in [1.54, 1.807) is 6.20 Å². The van der Waals surface area contributed by atoms with Gasteiger partial charge in [0.05, 0.1) is 11.9 Å². The minimum Gasteiger partial charge on any atom is -0.273 e. The van der Waals surface area contributed by atoms with Crippen LogP contribution in [-0.4, -0.2) is 21.1 Å². The second-order valence-corrected chi connectivity index (χ2v) is 5.48. The molecular weight excluding hydrogens is 278 g/mol. The molecule has 114 valence electrons. The van der Waals surface area contributed by atoms with Crippen LogP contribution in [0.25, 0.3) is 11.3 Å². The quantitative estimate of drug-likeness (QED) is 0.848. The third-order valence-electron chi connectivity index (χ3n) is 3.90. The van der Waals surface area contributed by atoms with Gasteiger partial charge in [-0.3, -0.25) is 15.6 Å². The number of carbonyl (C=O) groups excluding carboxylic acids is 1. The minimum absolute atomic E-state index is 0.00779. The van der Waals surface area contributed by atoms with Crippen LogP contribution in [0.5, 0.6) is 0 Å². The van der Waals surface area contributed by atoms with E-state index in [0.29, 0.717) is 11.6 Å². The number of benzene rings is 1. The summed E-state index contributed by atoms with van der Waals surface area (Å²) in [6.45, 7) is 0. The van der Waals surface area contributed by atoms with Gasteiger partial charge in [-0.15, -0.1) is 5.10 Å². The average Bonchev–Trinajstić information content (AvgIpc) is 2.61. The lowest BCUT2D eigenvalue weighted by Crippen LogP contribution is -2.36. The van der Waals surface area contributed by atoms with Gasteiger partial charge in [0.1, 0.15) is 0 Å². The molecule has 22 heavy (non-hydrogen) atoms. The van der Waals surface area contributed by atoms with E-state index in [-0.39, 0.29) is 11.8 Å². The molecule has 0 atom stereocenters. The van der Waals surface area contributed by atoms with Crippen LogP contribution in [0.15, 0.2) is 36.5 Å². The number of hydrogen-bond acceptors (Lipinski definition) is 5. The van der Waals surface area contributed by atoms with Crippen LogP contribution in [0.4, 0.5) is 5.95 Å². The van der Waals surface area contributed by atoms with Gasteiger partial charge >= 0.3 is 0 Å². The Morgan fingerprint density at radius 3 is 2.64 bits per heavy atom. The Bertz CT molecular complexity index is 625. The summed E-state index contributed by atoms with van der Waals surface area (Å²) in [5.41, 5.74) is 7.13. The summed E-state index contributed by atoms with van der Waals surface area (Å²) < 4.78 is 0. The lowest BCUT2D eigenvalue weighted by Gasteiger charge is -2.20. The van der Waals surface area contributed by atoms with Crippen molar-refractivity contribution < 1.29 is 4.79 Å². The molecule has 1 fully saturated rings. The molecule has 1 amide bonds. The van der Waals surface area contributed by atoms with E-state index in [2.05, 4.69) is 26.0 Å². The molecule has 1 aromatic heterocycles. The molecule has 1 aliphatic carbocycles. The maximum Gasteiger partial charge on any atom is 0.262 e. The van der Waals surface area contributed by atoms with Crippen molar-refractivity contribution in [1.29, 1.82) is 0 Å². The molecular formula is C16H19N5O. The van der Waals surface area contributed by atoms with E-state index in [9.17, 15) is 4.79 Å². The molecule has 2 N–H and O–H groups in total. The summed E-state index contributed by atoms with van der Waals surface area (Å²) >= 11 is 0. The SMILES string of the molecule is O=C(NNc1nncc(-c2ccccc2)n1)C1CCCCC1. The van der Waals surface area contributed by atoms with Crippen molar-refractivity contribution in [1.82, 2.24) is 20.6 Å². The molecule has 0 bridgehead atoms. The summed E-state index contributed by atoms with van der Waals surface area (Å²) in [6, 6.07) is 9.73. The van der Waals surface area contributed by atoms with E-state index in [0.717, 1.165) is 31.2 Å². The molecule has 1 aromatic carbocycles. The zero-order chi connectivity index (χ0) is 15.2. The number of anilines is 1. The van der Waals surface area contributed by atoms with Crippen molar-refractivity contribution in [3.05, 3.63) is 36.5 Å². The van der Waals surface area contributed by atoms with Crippen molar-refractivity contribution in [2.75, 3.05) is 5.43 Å². The molecule has 1 saturated carbocycles. The highest BCUT2D eigenvalue weighted by Gasteiger charge is 2.20. The third-order valence-corrected chi connectivity index (χ3v) is 3.90. The number of amides is 1. The van der Waals surface area contributed by atoms with Gasteiger partial charge in [-0.05, 0) is 12.8 Å². The van der Waals surface area contributed by atoms with Gasteiger partial charge in [0, 0.05) is 11.5 Å². The highest BCUT2D eigenvalue weighted by atomic mass is 16.2. The monoisotopic (exact) mass is 297 g/mol. The normalized spacial score (nSPS) is 15.3. The van der Waals surface area contributed by atoms with Crippen LogP contribution in [0.2, 0.25) is 0 Å². The van der Waals surface area contributed by atoms with Gasteiger partial charge in [0.2, 0.25) is 5.91 Å². The van der Waals surface area contributed by atoms with Crippen LogP contribution < -0.4 is 10.9 Å². The summed E-state index contributed by atoms with van der Waals surface area (Å²) in [7, 11) is 0. The molecule has 1 aliphatic rings. The first-order valence-corrected chi connectivity index (χ1v) is 7.64. The van der Waals surface area contributed by atoms with Crippen LogP contribution in [-0.2, 0) is 4.79 Å². The first-order valence-electron chi connectivity index (χ1n) is 7.64. The number of rotatable bonds is 4.